The van der Waals surface area contributed by atoms with Crippen LogP contribution in [-0.4, -0.2) is 63.3 Å². The first-order chi connectivity index (χ1) is 17.3. The summed E-state index contributed by atoms with van der Waals surface area (Å²) in [6.45, 7) is 10.1. The Morgan fingerprint density at radius 1 is 0.263 bits per heavy atom. The number of halogens is 2. The summed E-state index contributed by atoms with van der Waals surface area (Å²) in [7, 11) is 9.83. The van der Waals surface area contributed by atoms with Gasteiger partial charge in [-0.1, -0.05) is 117 Å². The first-order valence-electron chi connectivity index (χ1n) is 17.0. The van der Waals surface area contributed by atoms with Crippen LogP contribution in [0.5, 0.6) is 0 Å². The van der Waals surface area contributed by atoms with Crippen molar-refractivity contribution in [2.45, 2.75) is 168 Å². The summed E-state index contributed by atoms with van der Waals surface area (Å²) in [6.07, 6.45) is 34.6. The van der Waals surface area contributed by atoms with Crippen molar-refractivity contribution < 1.29 is 56.9 Å². The molecule has 0 atom stereocenters. The van der Waals surface area contributed by atoms with E-state index in [1.165, 1.54) is 189 Å². The first kappa shape index (κ1) is 43.8. The van der Waals surface area contributed by atoms with Gasteiger partial charge >= 0.3 is 0 Å². The monoisotopic (exact) mass is 764 g/mol. The minimum atomic E-state index is 0. The van der Waals surface area contributed by atoms with E-state index in [1.54, 1.807) is 0 Å². The predicted molar refractivity (Wildman–Crippen MR) is 166 cm³/mol. The van der Waals surface area contributed by atoms with Crippen molar-refractivity contribution in [3.8, 4) is 0 Å². The molecule has 0 aromatic rings. The SMILES string of the molecule is CCCCCCCCCCCC[N+](C)(C)CCCCCC[N+](C)(C)CCCCCCCCCCCC.[I-].[I-]. The summed E-state index contributed by atoms with van der Waals surface area (Å²) in [5, 5.41) is 0. The molecule has 0 rings (SSSR count). The number of hydrogen-bond acceptors (Lipinski definition) is 0. The average Bonchev–Trinajstić information content (AvgIpc) is 2.83. The van der Waals surface area contributed by atoms with Crippen LogP contribution in [0.4, 0.5) is 0 Å². The summed E-state index contributed by atoms with van der Waals surface area (Å²) in [4.78, 5) is 0. The Hall–Kier alpha value is 1.38. The molecule has 0 aliphatic heterocycles. The molecule has 0 saturated heterocycles. The largest absolute Gasteiger partial charge is 1.00 e. The van der Waals surface area contributed by atoms with Crippen molar-refractivity contribution in [3.63, 3.8) is 0 Å². The molecule has 4 heteroatoms. The Kier molecular flexibility index (Phi) is 36.1. The minimum absolute atomic E-state index is 0. The van der Waals surface area contributed by atoms with Gasteiger partial charge in [0.15, 0.2) is 0 Å². The third kappa shape index (κ3) is 33.6. The van der Waals surface area contributed by atoms with Gasteiger partial charge in [-0.3, -0.25) is 0 Å². The molecule has 0 aromatic heterocycles. The Morgan fingerprint density at radius 2 is 0.421 bits per heavy atom. The molecule has 0 aliphatic carbocycles. The van der Waals surface area contributed by atoms with Crippen LogP contribution in [0.25, 0.3) is 0 Å². The smallest absolute Gasteiger partial charge is 0.0782 e. The van der Waals surface area contributed by atoms with Crippen LogP contribution < -0.4 is 48.0 Å². The molecular weight excluding hydrogens is 690 g/mol. The molecule has 0 spiro atoms. The number of rotatable bonds is 29. The van der Waals surface area contributed by atoms with E-state index in [2.05, 4.69) is 42.0 Å². The van der Waals surface area contributed by atoms with Crippen LogP contribution in [0, 0.1) is 0 Å². The minimum Gasteiger partial charge on any atom is -1.00 e. The van der Waals surface area contributed by atoms with Gasteiger partial charge in [0.05, 0.1) is 54.4 Å². The number of unbranched alkanes of at least 4 members (excludes halogenated alkanes) is 21. The topological polar surface area (TPSA) is 0 Å². The molecule has 0 radical (unpaired) electrons. The molecule has 0 heterocycles. The quantitative estimate of drug-likeness (QED) is 0.0597. The van der Waals surface area contributed by atoms with Crippen LogP contribution in [0.2, 0.25) is 0 Å². The standard InChI is InChI=1S/C34H74N2.2HI/c1-7-9-11-13-15-17-19-21-23-27-31-35(3,4)33-29-25-26-30-34-36(5,6)32-28-24-22-20-18-16-14-12-10-8-2;;/h7-34H2,1-6H3;2*1H/q+2;;/p-2. The van der Waals surface area contributed by atoms with Gasteiger partial charge in [-0.15, -0.1) is 0 Å². The number of quaternary nitrogens is 2. The molecule has 0 fully saturated rings. The van der Waals surface area contributed by atoms with Gasteiger partial charge in [0.2, 0.25) is 0 Å². The van der Waals surface area contributed by atoms with Gasteiger partial charge in [0.25, 0.3) is 0 Å². The van der Waals surface area contributed by atoms with Crippen molar-refractivity contribution in [3.05, 3.63) is 0 Å². The van der Waals surface area contributed by atoms with E-state index in [9.17, 15) is 0 Å². The normalized spacial score (nSPS) is 11.8. The van der Waals surface area contributed by atoms with Gasteiger partial charge in [-0.25, -0.2) is 0 Å². The molecule has 0 saturated carbocycles. The maximum Gasteiger partial charge on any atom is 0.0782 e. The second kappa shape index (κ2) is 31.3. The molecular formula is C34H74I2N2. The Labute approximate surface area is 277 Å². The number of nitrogens with zero attached hydrogens (tertiary/aromatic N) is 2. The van der Waals surface area contributed by atoms with E-state index < -0.39 is 0 Å². The van der Waals surface area contributed by atoms with Crippen LogP contribution in [-0.2, 0) is 0 Å². The fourth-order valence-corrected chi connectivity index (χ4v) is 5.71. The third-order valence-corrected chi connectivity index (χ3v) is 8.51. The highest BCUT2D eigenvalue weighted by atomic mass is 127. The van der Waals surface area contributed by atoms with Gasteiger partial charge in [-0.2, -0.15) is 0 Å². The fraction of sp³-hybridized carbons (Fsp3) is 1.00. The van der Waals surface area contributed by atoms with E-state index in [0.29, 0.717) is 0 Å². The van der Waals surface area contributed by atoms with Gasteiger partial charge in [0.1, 0.15) is 0 Å². The maximum atomic E-state index is 2.46. The molecule has 0 aromatic carbocycles. The number of hydrogen-bond donors (Lipinski definition) is 0. The van der Waals surface area contributed by atoms with E-state index in [1.807, 2.05) is 0 Å². The zero-order chi connectivity index (χ0) is 26.8. The summed E-state index contributed by atoms with van der Waals surface area (Å²) >= 11 is 0. The lowest BCUT2D eigenvalue weighted by Gasteiger charge is -2.31. The van der Waals surface area contributed by atoms with Gasteiger partial charge in [-0.05, 0) is 51.4 Å². The van der Waals surface area contributed by atoms with Crippen molar-refractivity contribution in [2.75, 3.05) is 54.4 Å². The lowest BCUT2D eigenvalue weighted by atomic mass is 10.1. The highest BCUT2D eigenvalue weighted by molar-refractivity contribution is 4.50. The van der Waals surface area contributed by atoms with Gasteiger partial charge in [0, 0.05) is 0 Å². The van der Waals surface area contributed by atoms with E-state index in [0.717, 1.165) is 0 Å². The lowest BCUT2D eigenvalue weighted by Crippen LogP contribution is -3.00. The molecule has 0 bridgehead atoms. The molecule has 0 unspecified atom stereocenters. The Balaban J connectivity index is -0.00000612. The second-order valence-corrected chi connectivity index (χ2v) is 13.5. The van der Waals surface area contributed by atoms with Crippen molar-refractivity contribution in [1.29, 1.82) is 0 Å². The average molecular weight is 765 g/mol. The summed E-state index contributed by atoms with van der Waals surface area (Å²) in [5.41, 5.74) is 0. The Bertz CT molecular complexity index is 400. The summed E-state index contributed by atoms with van der Waals surface area (Å²) in [5.74, 6) is 0. The highest BCUT2D eigenvalue weighted by Crippen LogP contribution is 2.15. The first-order valence-corrected chi connectivity index (χ1v) is 17.0. The van der Waals surface area contributed by atoms with E-state index in [-0.39, 0.29) is 48.0 Å². The van der Waals surface area contributed by atoms with Gasteiger partial charge < -0.3 is 56.9 Å². The van der Waals surface area contributed by atoms with Crippen LogP contribution in [0.1, 0.15) is 168 Å². The molecule has 0 aliphatic rings. The lowest BCUT2D eigenvalue weighted by molar-refractivity contribution is -0.891. The zero-order valence-electron chi connectivity index (χ0n) is 27.4. The van der Waals surface area contributed by atoms with Crippen molar-refractivity contribution in [1.82, 2.24) is 0 Å². The zero-order valence-corrected chi connectivity index (χ0v) is 31.8. The van der Waals surface area contributed by atoms with Crippen molar-refractivity contribution in [2.24, 2.45) is 0 Å². The predicted octanol–water partition coefficient (Wildman–Crippen LogP) is 4.55. The van der Waals surface area contributed by atoms with E-state index in [4.69, 9.17) is 0 Å². The summed E-state index contributed by atoms with van der Waals surface area (Å²) in [6, 6.07) is 0. The molecule has 234 valence electrons. The molecule has 0 N–H and O–H groups in total. The molecule has 0 amide bonds. The van der Waals surface area contributed by atoms with Crippen LogP contribution >= 0.6 is 0 Å². The highest BCUT2D eigenvalue weighted by Gasteiger charge is 2.15. The maximum absolute atomic E-state index is 2.46. The fourth-order valence-electron chi connectivity index (χ4n) is 5.71. The second-order valence-electron chi connectivity index (χ2n) is 13.5. The molecule has 2 nitrogen and oxygen atoms in total. The third-order valence-electron chi connectivity index (χ3n) is 8.51. The molecule has 38 heavy (non-hydrogen) atoms. The van der Waals surface area contributed by atoms with Crippen LogP contribution in [0.15, 0.2) is 0 Å². The summed E-state index contributed by atoms with van der Waals surface area (Å²) < 4.78 is 2.47. The van der Waals surface area contributed by atoms with E-state index >= 15 is 0 Å². The van der Waals surface area contributed by atoms with Crippen molar-refractivity contribution >= 4 is 0 Å². The van der Waals surface area contributed by atoms with Crippen LogP contribution in [0.3, 0.4) is 0 Å². The Morgan fingerprint density at radius 3 is 0.605 bits per heavy atom.